The molecule has 0 aromatic heterocycles. The highest BCUT2D eigenvalue weighted by Gasteiger charge is 2.23. The molecule has 114 valence electrons. The summed E-state index contributed by atoms with van der Waals surface area (Å²) >= 11 is 0. The van der Waals surface area contributed by atoms with Gasteiger partial charge in [0.15, 0.2) is 0 Å². The van der Waals surface area contributed by atoms with E-state index >= 15 is 0 Å². The number of rotatable bonds is 5. The van der Waals surface area contributed by atoms with Crippen molar-refractivity contribution in [1.29, 1.82) is 0 Å². The molecule has 1 aliphatic rings. The van der Waals surface area contributed by atoms with Crippen LogP contribution < -0.4 is 16.0 Å². The lowest BCUT2D eigenvalue weighted by atomic mass is 9.93. The number of nitrogens with one attached hydrogen (secondary N) is 3. The fourth-order valence-corrected chi connectivity index (χ4v) is 2.35. The number of hydrogen-bond acceptors (Lipinski definition) is 3. The van der Waals surface area contributed by atoms with E-state index in [4.69, 9.17) is 0 Å². The second kappa shape index (κ2) is 7.11. The second-order valence-corrected chi connectivity index (χ2v) is 5.68. The zero-order chi connectivity index (χ0) is 15.2. The molecule has 1 heterocycles. The molecule has 0 radical (unpaired) electrons. The molecule has 1 aromatic rings. The van der Waals surface area contributed by atoms with Gasteiger partial charge in [0.2, 0.25) is 11.8 Å². The Hall–Kier alpha value is -2.04. The van der Waals surface area contributed by atoms with Gasteiger partial charge in [-0.1, -0.05) is 32.0 Å². The summed E-state index contributed by atoms with van der Waals surface area (Å²) in [5.74, 6) is -0.0336. The SMILES string of the molecule is CC(C)C(=O)NCCNC(=O)C1CNc2ccccc2C1. The van der Waals surface area contributed by atoms with E-state index in [-0.39, 0.29) is 23.7 Å². The molecule has 2 amide bonds. The van der Waals surface area contributed by atoms with Crippen LogP contribution in [0.4, 0.5) is 5.69 Å². The minimum absolute atomic E-state index is 0.0116. The van der Waals surface area contributed by atoms with Crippen LogP contribution in [0.5, 0.6) is 0 Å². The standard InChI is InChI=1S/C16H23N3O2/c1-11(2)15(20)17-7-8-18-16(21)13-9-12-5-3-4-6-14(12)19-10-13/h3-6,11,13,19H,7-10H2,1-2H3,(H,17,20)(H,18,21). The Balaban J connectivity index is 1.74. The summed E-state index contributed by atoms with van der Waals surface area (Å²) in [5.41, 5.74) is 2.29. The molecule has 0 saturated heterocycles. The smallest absolute Gasteiger partial charge is 0.225 e. The number of carbonyl (C=O) groups is 2. The largest absolute Gasteiger partial charge is 0.384 e. The van der Waals surface area contributed by atoms with Gasteiger partial charge in [-0.25, -0.2) is 0 Å². The molecular weight excluding hydrogens is 266 g/mol. The van der Waals surface area contributed by atoms with Crippen molar-refractivity contribution in [2.24, 2.45) is 11.8 Å². The van der Waals surface area contributed by atoms with Gasteiger partial charge in [0.1, 0.15) is 0 Å². The topological polar surface area (TPSA) is 70.2 Å². The van der Waals surface area contributed by atoms with E-state index in [0.29, 0.717) is 19.6 Å². The third-order valence-electron chi connectivity index (χ3n) is 3.64. The van der Waals surface area contributed by atoms with Gasteiger partial charge in [-0.3, -0.25) is 9.59 Å². The van der Waals surface area contributed by atoms with Crippen LogP contribution in [0.1, 0.15) is 19.4 Å². The zero-order valence-electron chi connectivity index (χ0n) is 12.6. The van der Waals surface area contributed by atoms with E-state index in [1.54, 1.807) is 0 Å². The van der Waals surface area contributed by atoms with Gasteiger partial charge in [0.25, 0.3) is 0 Å². The van der Waals surface area contributed by atoms with Crippen LogP contribution in [-0.2, 0) is 16.0 Å². The quantitative estimate of drug-likeness (QED) is 0.712. The first-order valence-electron chi connectivity index (χ1n) is 7.45. The lowest BCUT2D eigenvalue weighted by Gasteiger charge is -2.25. The first kappa shape index (κ1) is 15.4. The fraction of sp³-hybridized carbons (Fsp3) is 0.500. The molecule has 21 heavy (non-hydrogen) atoms. The second-order valence-electron chi connectivity index (χ2n) is 5.68. The van der Waals surface area contributed by atoms with Crippen LogP contribution in [-0.4, -0.2) is 31.4 Å². The lowest BCUT2D eigenvalue weighted by Crippen LogP contribution is -2.42. The van der Waals surface area contributed by atoms with Gasteiger partial charge in [-0.15, -0.1) is 0 Å². The summed E-state index contributed by atoms with van der Waals surface area (Å²) in [6, 6.07) is 8.06. The van der Waals surface area contributed by atoms with Crippen LogP contribution in [0.3, 0.4) is 0 Å². The molecule has 1 unspecified atom stereocenters. The van der Waals surface area contributed by atoms with Crippen LogP contribution >= 0.6 is 0 Å². The maximum absolute atomic E-state index is 12.1. The number of hydrogen-bond donors (Lipinski definition) is 3. The average molecular weight is 289 g/mol. The van der Waals surface area contributed by atoms with Crippen molar-refractivity contribution >= 4 is 17.5 Å². The Morgan fingerprint density at radius 2 is 1.95 bits per heavy atom. The Morgan fingerprint density at radius 3 is 2.71 bits per heavy atom. The first-order valence-corrected chi connectivity index (χ1v) is 7.45. The summed E-state index contributed by atoms with van der Waals surface area (Å²) in [6.07, 6.45) is 0.757. The van der Waals surface area contributed by atoms with Gasteiger partial charge in [0.05, 0.1) is 5.92 Å². The molecule has 0 spiro atoms. The molecule has 0 saturated carbocycles. The number of amides is 2. The zero-order valence-corrected chi connectivity index (χ0v) is 12.6. The van der Waals surface area contributed by atoms with E-state index in [1.165, 1.54) is 5.56 Å². The van der Waals surface area contributed by atoms with E-state index in [2.05, 4.69) is 16.0 Å². The molecule has 2 rings (SSSR count). The van der Waals surface area contributed by atoms with Crippen molar-refractivity contribution in [1.82, 2.24) is 10.6 Å². The van der Waals surface area contributed by atoms with Gasteiger partial charge >= 0.3 is 0 Å². The normalized spacial score (nSPS) is 16.8. The maximum Gasteiger partial charge on any atom is 0.225 e. The fourth-order valence-electron chi connectivity index (χ4n) is 2.35. The lowest BCUT2D eigenvalue weighted by molar-refractivity contribution is -0.126. The molecule has 3 N–H and O–H groups in total. The van der Waals surface area contributed by atoms with Crippen molar-refractivity contribution in [2.75, 3.05) is 25.0 Å². The van der Waals surface area contributed by atoms with Crippen molar-refractivity contribution in [2.45, 2.75) is 20.3 Å². The number of benzene rings is 1. The van der Waals surface area contributed by atoms with Crippen molar-refractivity contribution in [3.05, 3.63) is 29.8 Å². The third-order valence-corrected chi connectivity index (χ3v) is 3.64. The minimum atomic E-state index is -0.0549. The predicted molar refractivity (Wildman–Crippen MR) is 83.0 cm³/mol. The van der Waals surface area contributed by atoms with Crippen LogP contribution in [0.15, 0.2) is 24.3 Å². The van der Waals surface area contributed by atoms with Crippen molar-refractivity contribution in [3.63, 3.8) is 0 Å². The van der Waals surface area contributed by atoms with Gasteiger partial charge in [0, 0.05) is 31.2 Å². The number of para-hydroxylation sites is 1. The Bertz CT molecular complexity index is 514. The minimum Gasteiger partial charge on any atom is -0.384 e. The van der Waals surface area contributed by atoms with Crippen LogP contribution in [0, 0.1) is 11.8 Å². The highest BCUT2D eigenvalue weighted by molar-refractivity contribution is 5.81. The molecule has 5 nitrogen and oxygen atoms in total. The molecule has 1 aliphatic heterocycles. The average Bonchev–Trinajstić information content (AvgIpc) is 2.50. The predicted octanol–water partition coefficient (Wildman–Crippen LogP) is 1.16. The molecule has 5 heteroatoms. The summed E-state index contributed by atoms with van der Waals surface area (Å²) in [6.45, 7) is 5.29. The van der Waals surface area contributed by atoms with Crippen molar-refractivity contribution in [3.8, 4) is 0 Å². The number of carbonyl (C=O) groups excluding carboxylic acids is 2. The first-order chi connectivity index (χ1) is 10.1. The van der Waals surface area contributed by atoms with Crippen molar-refractivity contribution < 1.29 is 9.59 Å². The summed E-state index contributed by atoms with van der Waals surface area (Å²) in [5, 5.41) is 8.96. The van der Waals surface area contributed by atoms with Crippen LogP contribution in [0.25, 0.3) is 0 Å². The van der Waals surface area contributed by atoms with E-state index < -0.39 is 0 Å². The highest BCUT2D eigenvalue weighted by Crippen LogP contribution is 2.24. The van der Waals surface area contributed by atoms with E-state index in [1.807, 2.05) is 38.1 Å². The maximum atomic E-state index is 12.1. The Kier molecular flexibility index (Phi) is 5.20. The van der Waals surface area contributed by atoms with Gasteiger partial charge < -0.3 is 16.0 Å². The molecule has 0 bridgehead atoms. The van der Waals surface area contributed by atoms with Gasteiger partial charge in [-0.2, -0.15) is 0 Å². The summed E-state index contributed by atoms with van der Waals surface area (Å²) in [7, 11) is 0. The molecule has 0 aliphatic carbocycles. The molecule has 1 aromatic carbocycles. The molecule has 0 fully saturated rings. The molecule has 1 atom stereocenters. The number of anilines is 1. The third kappa shape index (κ3) is 4.21. The summed E-state index contributed by atoms with van der Waals surface area (Å²) in [4.78, 5) is 23.5. The van der Waals surface area contributed by atoms with Gasteiger partial charge in [-0.05, 0) is 18.1 Å². The monoisotopic (exact) mass is 289 g/mol. The summed E-state index contributed by atoms with van der Waals surface area (Å²) < 4.78 is 0. The van der Waals surface area contributed by atoms with Crippen LogP contribution in [0.2, 0.25) is 0 Å². The van der Waals surface area contributed by atoms with E-state index in [0.717, 1.165) is 12.1 Å². The van der Waals surface area contributed by atoms with E-state index in [9.17, 15) is 9.59 Å². The Morgan fingerprint density at radius 1 is 1.24 bits per heavy atom. The highest BCUT2D eigenvalue weighted by atomic mass is 16.2. The number of fused-ring (bicyclic) bond motifs is 1. The Labute approximate surface area is 125 Å². The molecular formula is C16H23N3O2.